The van der Waals surface area contributed by atoms with Gasteiger partial charge in [0.2, 0.25) is 17.6 Å². The number of aromatic nitrogens is 2. The molecule has 4 rings (SSSR count). The summed E-state index contributed by atoms with van der Waals surface area (Å²) >= 11 is 1.57. The molecule has 6 nitrogen and oxygen atoms in total. The van der Waals surface area contributed by atoms with Crippen molar-refractivity contribution in [3.05, 3.63) is 76.7 Å². The highest BCUT2D eigenvalue weighted by molar-refractivity contribution is 7.08. The Labute approximate surface area is 166 Å². The second-order valence-corrected chi connectivity index (χ2v) is 7.20. The van der Waals surface area contributed by atoms with Gasteiger partial charge in [-0.15, -0.1) is 0 Å². The number of thiophene rings is 1. The van der Waals surface area contributed by atoms with E-state index in [-0.39, 0.29) is 12.3 Å². The highest BCUT2D eigenvalue weighted by Gasteiger charge is 2.19. The van der Waals surface area contributed by atoms with Gasteiger partial charge in [0.05, 0.1) is 12.8 Å². The van der Waals surface area contributed by atoms with Gasteiger partial charge in [-0.3, -0.25) is 4.79 Å². The number of rotatable bonds is 7. The largest absolute Gasteiger partial charge is 0.467 e. The van der Waals surface area contributed by atoms with Gasteiger partial charge >= 0.3 is 0 Å². The summed E-state index contributed by atoms with van der Waals surface area (Å²) in [6.07, 6.45) is 2.26. The van der Waals surface area contributed by atoms with Gasteiger partial charge in [0.1, 0.15) is 5.76 Å². The minimum absolute atomic E-state index is 0.0319. The lowest BCUT2D eigenvalue weighted by Crippen LogP contribution is -2.30. The molecule has 0 bridgehead atoms. The van der Waals surface area contributed by atoms with Crippen molar-refractivity contribution >= 4 is 22.9 Å². The van der Waals surface area contributed by atoms with Crippen LogP contribution in [0, 0.1) is 6.92 Å². The molecule has 0 radical (unpaired) electrons. The Kier molecular flexibility index (Phi) is 5.34. The fourth-order valence-corrected chi connectivity index (χ4v) is 3.46. The average Bonchev–Trinajstić information content (AvgIpc) is 3.47. The third-order valence-electron chi connectivity index (χ3n) is 4.34. The van der Waals surface area contributed by atoms with Crippen LogP contribution in [0.3, 0.4) is 0 Å². The van der Waals surface area contributed by atoms with Crippen LogP contribution in [0.5, 0.6) is 0 Å². The Morgan fingerprint density at radius 3 is 2.75 bits per heavy atom. The van der Waals surface area contributed by atoms with E-state index < -0.39 is 0 Å². The number of carbonyl (C=O) groups excluding carboxylic acids is 1. The van der Waals surface area contributed by atoms with Gasteiger partial charge in [0.15, 0.2) is 0 Å². The van der Waals surface area contributed by atoms with Crippen LogP contribution in [-0.2, 0) is 17.8 Å². The van der Waals surface area contributed by atoms with Gasteiger partial charge in [0, 0.05) is 29.5 Å². The van der Waals surface area contributed by atoms with Crippen LogP contribution in [0.2, 0.25) is 0 Å². The molecule has 0 aliphatic carbocycles. The molecule has 1 aromatic carbocycles. The Bertz CT molecular complexity index is 1020. The zero-order valence-corrected chi connectivity index (χ0v) is 16.2. The summed E-state index contributed by atoms with van der Waals surface area (Å²) in [5.74, 6) is 1.70. The number of hydrogen-bond acceptors (Lipinski definition) is 6. The zero-order valence-electron chi connectivity index (χ0n) is 15.4. The first-order valence-corrected chi connectivity index (χ1v) is 9.88. The quantitative estimate of drug-likeness (QED) is 0.448. The monoisotopic (exact) mass is 393 g/mol. The molecule has 0 N–H and O–H groups in total. The molecule has 0 atom stereocenters. The first kappa shape index (κ1) is 18.2. The summed E-state index contributed by atoms with van der Waals surface area (Å²) < 4.78 is 10.7. The highest BCUT2D eigenvalue weighted by atomic mass is 32.1. The predicted octanol–water partition coefficient (Wildman–Crippen LogP) is 4.87. The number of anilines is 1. The number of furan rings is 1. The molecule has 7 heteroatoms. The van der Waals surface area contributed by atoms with Gasteiger partial charge in [-0.25, -0.2) is 0 Å². The number of nitrogens with zero attached hydrogens (tertiary/aromatic N) is 3. The highest BCUT2D eigenvalue weighted by Crippen LogP contribution is 2.22. The second kappa shape index (κ2) is 8.22. The van der Waals surface area contributed by atoms with E-state index in [4.69, 9.17) is 8.94 Å². The Hall–Kier alpha value is -3.19. The molecule has 0 saturated carbocycles. The van der Waals surface area contributed by atoms with Gasteiger partial charge < -0.3 is 13.8 Å². The van der Waals surface area contributed by atoms with Crippen LogP contribution in [0.15, 0.2) is 68.4 Å². The summed E-state index contributed by atoms with van der Waals surface area (Å²) in [6, 6.07) is 13.5. The first-order chi connectivity index (χ1) is 13.7. The second-order valence-electron chi connectivity index (χ2n) is 6.42. The summed E-state index contributed by atoms with van der Waals surface area (Å²) in [5.41, 5.74) is 2.89. The standard InChI is InChI=1S/C21H19N3O3S/c1-15-4-6-17(7-5-15)24(13-18-3-2-11-26-18)20(25)9-8-19-22-21(23-27-19)16-10-12-28-14-16/h2-7,10-12,14H,8-9,13H2,1H3. The van der Waals surface area contributed by atoms with E-state index >= 15 is 0 Å². The number of benzene rings is 1. The minimum Gasteiger partial charge on any atom is -0.467 e. The Balaban J connectivity index is 1.46. The maximum atomic E-state index is 13.0. The lowest BCUT2D eigenvalue weighted by molar-refractivity contribution is -0.118. The van der Waals surface area contributed by atoms with Crippen molar-refractivity contribution in [3.8, 4) is 11.4 Å². The first-order valence-electron chi connectivity index (χ1n) is 8.93. The summed E-state index contributed by atoms with van der Waals surface area (Å²) in [7, 11) is 0. The van der Waals surface area contributed by atoms with E-state index in [0.717, 1.165) is 22.6 Å². The maximum absolute atomic E-state index is 13.0. The molecule has 0 aliphatic rings. The Morgan fingerprint density at radius 2 is 2.04 bits per heavy atom. The molecule has 3 heterocycles. The topological polar surface area (TPSA) is 72.4 Å². The number of amides is 1. The molecule has 0 spiro atoms. The molecule has 0 aliphatic heterocycles. The van der Waals surface area contributed by atoms with E-state index in [1.807, 2.05) is 60.1 Å². The molecule has 142 valence electrons. The van der Waals surface area contributed by atoms with E-state index in [1.54, 1.807) is 22.5 Å². The van der Waals surface area contributed by atoms with E-state index in [0.29, 0.717) is 24.7 Å². The summed E-state index contributed by atoms with van der Waals surface area (Å²) in [4.78, 5) is 19.1. The lowest BCUT2D eigenvalue weighted by Gasteiger charge is -2.22. The molecule has 1 amide bonds. The van der Waals surface area contributed by atoms with E-state index in [9.17, 15) is 4.79 Å². The van der Waals surface area contributed by atoms with Crippen molar-refractivity contribution < 1.29 is 13.7 Å². The minimum atomic E-state index is -0.0319. The molecule has 4 aromatic rings. The molecular weight excluding hydrogens is 374 g/mol. The van der Waals surface area contributed by atoms with Crippen molar-refractivity contribution in [2.24, 2.45) is 0 Å². The molecule has 3 aromatic heterocycles. The van der Waals surface area contributed by atoms with Crippen molar-refractivity contribution in [1.29, 1.82) is 0 Å². The van der Waals surface area contributed by atoms with Crippen molar-refractivity contribution in [2.75, 3.05) is 4.90 Å². The number of hydrogen-bond donors (Lipinski definition) is 0. The summed E-state index contributed by atoms with van der Waals surface area (Å²) in [5, 5.41) is 7.91. The van der Waals surface area contributed by atoms with Crippen LogP contribution in [0.4, 0.5) is 5.69 Å². The SMILES string of the molecule is Cc1ccc(N(Cc2ccco2)C(=O)CCc2nc(-c3ccsc3)no2)cc1. The Morgan fingerprint density at radius 1 is 1.18 bits per heavy atom. The molecule has 0 saturated heterocycles. The van der Waals surface area contributed by atoms with Crippen LogP contribution in [-0.4, -0.2) is 16.0 Å². The average molecular weight is 393 g/mol. The van der Waals surface area contributed by atoms with Gasteiger partial charge in [-0.1, -0.05) is 22.9 Å². The van der Waals surface area contributed by atoms with Gasteiger partial charge in [-0.2, -0.15) is 16.3 Å². The zero-order chi connectivity index (χ0) is 19.3. The molecule has 28 heavy (non-hydrogen) atoms. The van der Waals surface area contributed by atoms with E-state index in [2.05, 4.69) is 10.1 Å². The lowest BCUT2D eigenvalue weighted by atomic mass is 10.2. The summed E-state index contributed by atoms with van der Waals surface area (Å²) in [6.45, 7) is 2.39. The fraction of sp³-hybridized carbons (Fsp3) is 0.190. The number of carbonyl (C=O) groups is 1. The number of aryl methyl sites for hydroxylation is 2. The smallest absolute Gasteiger partial charge is 0.227 e. The van der Waals surface area contributed by atoms with Crippen LogP contribution >= 0.6 is 11.3 Å². The van der Waals surface area contributed by atoms with E-state index in [1.165, 1.54) is 0 Å². The van der Waals surface area contributed by atoms with Crippen LogP contribution in [0.1, 0.15) is 23.6 Å². The van der Waals surface area contributed by atoms with Crippen molar-refractivity contribution in [1.82, 2.24) is 10.1 Å². The molecule has 0 unspecified atom stereocenters. The van der Waals surface area contributed by atoms with Crippen LogP contribution in [0.25, 0.3) is 11.4 Å². The van der Waals surface area contributed by atoms with Crippen molar-refractivity contribution in [2.45, 2.75) is 26.3 Å². The normalized spacial score (nSPS) is 10.9. The van der Waals surface area contributed by atoms with Gasteiger partial charge in [0.25, 0.3) is 0 Å². The maximum Gasteiger partial charge on any atom is 0.227 e. The van der Waals surface area contributed by atoms with Crippen LogP contribution < -0.4 is 4.90 Å². The molecular formula is C21H19N3O3S. The third-order valence-corrected chi connectivity index (χ3v) is 5.02. The third kappa shape index (κ3) is 4.20. The van der Waals surface area contributed by atoms with Gasteiger partial charge in [-0.05, 0) is 42.6 Å². The fourth-order valence-electron chi connectivity index (χ4n) is 2.82. The van der Waals surface area contributed by atoms with Crippen molar-refractivity contribution in [3.63, 3.8) is 0 Å². The molecule has 0 fully saturated rings. The predicted molar refractivity (Wildman–Crippen MR) is 107 cm³/mol.